The van der Waals surface area contributed by atoms with Crippen LogP contribution < -0.4 is 0 Å². The molecule has 0 amide bonds. The Bertz CT molecular complexity index is 1520. The molecule has 16 heteroatoms. The van der Waals surface area contributed by atoms with E-state index in [1.165, 1.54) is 32.5 Å². The number of carbonyl (C=O) groups excluding carboxylic acids is 5. The first kappa shape index (κ1) is 38.2. The number of benzene rings is 2. The van der Waals surface area contributed by atoms with Gasteiger partial charge < -0.3 is 47.4 Å². The molecule has 0 bridgehead atoms. The lowest BCUT2D eigenvalue weighted by Gasteiger charge is -2.50. The van der Waals surface area contributed by atoms with Gasteiger partial charge in [-0.25, -0.2) is 0 Å². The lowest BCUT2D eigenvalue weighted by Crippen LogP contribution is -2.67. The highest BCUT2D eigenvalue weighted by molar-refractivity contribution is 7.99. The molecule has 15 nitrogen and oxygen atoms in total. The van der Waals surface area contributed by atoms with Gasteiger partial charge in [0.2, 0.25) is 0 Å². The molecule has 3 heterocycles. The summed E-state index contributed by atoms with van der Waals surface area (Å²) >= 11 is 1.18. The van der Waals surface area contributed by atoms with Gasteiger partial charge in [0.25, 0.3) is 0 Å². The van der Waals surface area contributed by atoms with Crippen LogP contribution in [-0.4, -0.2) is 104 Å². The monoisotopic (exact) mass is 732 g/mol. The van der Waals surface area contributed by atoms with Crippen LogP contribution in [0.4, 0.5) is 0 Å². The normalized spacial score (nSPS) is 31.7. The molecule has 11 atom stereocenters. The number of hydrogen-bond acceptors (Lipinski definition) is 16. The number of fused-ring (bicyclic) bond motifs is 1. The first-order chi connectivity index (χ1) is 24.4. The molecule has 276 valence electrons. The van der Waals surface area contributed by atoms with Gasteiger partial charge in [0, 0.05) is 45.1 Å². The first-order valence-corrected chi connectivity index (χ1v) is 17.1. The molecule has 5 rings (SSSR count). The van der Waals surface area contributed by atoms with E-state index in [1.54, 1.807) is 24.3 Å². The Balaban J connectivity index is 1.52. The van der Waals surface area contributed by atoms with Crippen LogP contribution in [0.25, 0.3) is 0 Å². The van der Waals surface area contributed by atoms with Crippen molar-refractivity contribution in [3.63, 3.8) is 0 Å². The van der Waals surface area contributed by atoms with Crippen molar-refractivity contribution in [1.29, 1.82) is 0 Å². The van der Waals surface area contributed by atoms with Crippen LogP contribution in [-0.2, 0) is 71.3 Å². The largest absolute Gasteiger partial charge is 0.463 e. The summed E-state index contributed by atoms with van der Waals surface area (Å²) in [6, 6.07) is 18.1. The molecule has 3 saturated heterocycles. The van der Waals surface area contributed by atoms with Crippen molar-refractivity contribution in [1.82, 2.24) is 0 Å². The van der Waals surface area contributed by atoms with E-state index >= 15 is 0 Å². The van der Waals surface area contributed by atoms with Crippen LogP contribution >= 0.6 is 11.8 Å². The lowest BCUT2D eigenvalue weighted by molar-refractivity contribution is -0.378. The molecule has 0 N–H and O–H groups in total. The zero-order valence-corrected chi connectivity index (χ0v) is 29.4. The average Bonchev–Trinajstić information content (AvgIpc) is 3.07. The molecule has 3 aliphatic heterocycles. The summed E-state index contributed by atoms with van der Waals surface area (Å²) < 4.78 is 59.6. The standard InChI is InChI=1S/C35H40O15S/c1-18(36)41-16-26-28(30(44-20(3)38)32(46-22(5)40)35(48-26)51-24-14-10-7-11-15-24)50-34-31(45-21(4)39)29(43-19(2)37)27-25(47-34)17-42-33(49-27)23-12-8-6-9-13-23/h6-15,25-35H,16-17H2,1-5H3/t25-,26-,27-,28-,29+,30+,31-,32-,33?,34-,35+/m1/s1. The Morgan fingerprint density at radius 2 is 1.22 bits per heavy atom. The van der Waals surface area contributed by atoms with Gasteiger partial charge >= 0.3 is 29.8 Å². The Morgan fingerprint density at radius 3 is 1.82 bits per heavy atom. The zero-order valence-electron chi connectivity index (χ0n) is 28.6. The third-order valence-electron chi connectivity index (χ3n) is 7.89. The molecule has 0 spiro atoms. The van der Waals surface area contributed by atoms with E-state index in [0.717, 1.165) is 18.7 Å². The maximum absolute atomic E-state index is 12.6. The smallest absolute Gasteiger partial charge is 0.303 e. The molecule has 3 aliphatic rings. The molecular weight excluding hydrogens is 692 g/mol. The van der Waals surface area contributed by atoms with Crippen molar-refractivity contribution in [2.24, 2.45) is 0 Å². The van der Waals surface area contributed by atoms with E-state index in [2.05, 4.69) is 0 Å². The van der Waals surface area contributed by atoms with Crippen molar-refractivity contribution >= 4 is 41.6 Å². The third-order valence-corrected chi connectivity index (χ3v) is 9.05. The minimum Gasteiger partial charge on any atom is -0.463 e. The topological polar surface area (TPSA) is 178 Å². The molecule has 0 aliphatic carbocycles. The Hall–Kier alpha value is -4.06. The number of ether oxygens (including phenoxy) is 10. The summed E-state index contributed by atoms with van der Waals surface area (Å²) in [7, 11) is 0. The quantitative estimate of drug-likeness (QED) is 0.243. The highest BCUT2D eigenvalue weighted by atomic mass is 32.2. The molecule has 0 radical (unpaired) electrons. The van der Waals surface area contributed by atoms with Gasteiger partial charge in [-0.3, -0.25) is 24.0 Å². The van der Waals surface area contributed by atoms with Gasteiger partial charge in [-0.05, 0) is 12.1 Å². The van der Waals surface area contributed by atoms with Crippen molar-refractivity contribution in [2.45, 2.75) is 106 Å². The van der Waals surface area contributed by atoms with E-state index in [0.29, 0.717) is 5.56 Å². The fourth-order valence-electron chi connectivity index (χ4n) is 5.98. The molecule has 0 saturated carbocycles. The van der Waals surface area contributed by atoms with Crippen LogP contribution in [0.15, 0.2) is 65.6 Å². The second-order valence-corrected chi connectivity index (χ2v) is 13.1. The summed E-state index contributed by atoms with van der Waals surface area (Å²) in [4.78, 5) is 62.7. The molecular formula is C35H40O15S. The number of carbonyl (C=O) groups is 5. The van der Waals surface area contributed by atoms with Gasteiger partial charge in [-0.1, -0.05) is 60.3 Å². The molecule has 2 aromatic carbocycles. The fourth-order valence-corrected chi connectivity index (χ4v) is 7.11. The van der Waals surface area contributed by atoms with Crippen molar-refractivity contribution in [3.8, 4) is 0 Å². The number of hydrogen-bond donors (Lipinski definition) is 0. The van der Waals surface area contributed by atoms with E-state index in [9.17, 15) is 24.0 Å². The van der Waals surface area contributed by atoms with Crippen LogP contribution in [0.5, 0.6) is 0 Å². The van der Waals surface area contributed by atoms with Crippen molar-refractivity contribution in [3.05, 3.63) is 66.2 Å². The van der Waals surface area contributed by atoms with Gasteiger partial charge in [0.1, 0.15) is 36.5 Å². The van der Waals surface area contributed by atoms with E-state index in [1.807, 2.05) is 36.4 Å². The zero-order chi connectivity index (χ0) is 36.7. The SMILES string of the molecule is CC(=O)OC[C@H]1O[C@@H](Sc2ccccc2)[C@H](OC(C)=O)[C@@H](OC(C)=O)[C@@H]1O[C@H]1O[C@@H]2COC(c3ccccc3)O[C@H]2[C@H](OC(C)=O)[C@H]1OC(C)=O. The van der Waals surface area contributed by atoms with Crippen LogP contribution in [0.3, 0.4) is 0 Å². The van der Waals surface area contributed by atoms with Crippen LogP contribution in [0.2, 0.25) is 0 Å². The maximum atomic E-state index is 12.6. The predicted octanol–water partition coefficient (Wildman–Crippen LogP) is 3.02. The van der Waals surface area contributed by atoms with E-state index in [4.69, 9.17) is 47.4 Å². The summed E-state index contributed by atoms with van der Waals surface area (Å²) in [5.74, 6) is -3.55. The molecule has 51 heavy (non-hydrogen) atoms. The second kappa shape index (κ2) is 17.4. The summed E-state index contributed by atoms with van der Waals surface area (Å²) in [5, 5.41) is 0. The van der Waals surface area contributed by atoms with Gasteiger partial charge in [0.05, 0.1) is 6.61 Å². The molecule has 0 aromatic heterocycles. The minimum absolute atomic E-state index is 0.0497. The Kier molecular flexibility index (Phi) is 13.1. The summed E-state index contributed by atoms with van der Waals surface area (Å²) in [6.07, 6.45) is -12.1. The predicted molar refractivity (Wildman–Crippen MR) is 173 cm³/mol. The summed E-state index contributed by atoms with van der Waals surface area (Å²) in [5.41, 5.74) is -0.290. The fraction of sp³-hybridized carbons (Fsp3) is 0.514. The lowest BCUT2D eigenvalue weighted by atomic mass is 9.95. The highest BCUT2D eigenvalue weighted by Crippen LogP contribution is 2.41. The van der Waals surface area contributed by atoms with Gasteiger partial charge in [-0.15, -0.1) is 0 Å². The Morgan fingerprint density at radius 1 is 0.647 bits per heavy atom. The average molecular weight is 733 g/mol. The first-order valence-electron chi connectivity index (χ1n) is 16.2. The number of esters is 5. The molecule has 3 fully saturated rings. The summed E-state index contributed by atoms with van der Waals surface area (Å²) in [6.45, 7) is 5.47. The van der Waals surface area contributed by atoms with Crippen LogP contribution in [0, 0.1) is 0 Å². The second-order valence-electron chi connectivity index (χ2n) is 11.9. The third kappa shape index (κ3) is 10.1. The van der Waals surface area contributed by atoms with E-state index in [-0.39, 0.29) is 13.2 Å². The van der Waals surface area contributed by atoms with Crippen molar-refractivity contribution in [2.75, 3.05) is 13.2 Å². The van der Waals surface area contributed by atoms with E-state index < -0.39 is 96.7 Å². The highest BCUT2D eigenvalue weighted by Gasteiger charge is 2.58. The number of thioether (sulfide) groups is 1. The maximum Gasteiger partial charge on any atom is 0.303 e. The van der Waals surface area contributed by atoms with Gasteiger partial charge in [0.15, 0.2) is 37.0 Å². The molecule has 1 unspecified atom stereocenters. The Labute approximate surface area is 298 Å². The molecule has 2 aromatic rings. The number of rotatable bonds is 11. The van der Waals surface area contributed by atoms with Crippen molar-refractivity contribution < 1.29 is 71.3 Å². The van der Waals surface area contributed by atoms with Crippen LogP contribution in [0.1, 0.15) is 46.5 Å². The van der Waals surface area contributed by atoms with Gasteiger partial charge in [-0.2, -0.15) is 0 Å². The minimum atomic E-state index is -1.53.